The molecule has 3 heterocycles. The van der Waals surface area contributed by atoms with Gasteiger partial charge in [0.1, 0.15) is 42.7 Å². The lowest BCUT2D eigenvalue weighted by atomic mass is 9.87. The predicted octanol–water partition coefficient (Wildman–Crippen LogP) is -5.63. The number of hydrogen-bond acceptors (Lipinski definition) is 15. The highest BCUT2D eigenvalue weighted by Gasteiger charge is 2.58. The molecule has 19 heteroatoms. The minimum atomic E-state index is -2.74. The number of carboxylic acid groups (broad SMARTS) is 1. The number of aliphatic hydroxyl groups excluding tert-OH is 6. The molecule has 0 aromatic rings. The first-order chi connectivity index (χ1) is 20.5. The van der Waals surface area contributed by atoms with E-state index in [4.69, 9.17) is 23.7 Å². The van der Waals surface area contributed by atoms with Crippen LogP contribution in [0.2, 0.25) is 0 Å². The molecule has 0 aromatic carbocycles. The van der Waals surface area contributed by atoms with Gasteiger partial charge in [-0.2, -0.15) is 0 Å². The van der Waals surface area contributed by atoms with Crippen molar-refractivity contribution in [2.45, 2.75) is 126 Å². The fourth-order valence-electron chi connectivity index (χ4n) is 5.54. The molecule has 3 saturated heterocycles. The second kappa shape index (κ2) is 14.7. The molecule has 0 aromatic heterocycles. The van der Waals surface area contributed by atoms with Crippen LogP contribution in [0.15, 0.2) is 0 Å². The Morgan fingerprint density at radius 2 is 1.59 bits per heavy atom. The topological polar surface area (TPSA) is 292 Å². The number of aliphatic carboxylic acids is 1. The highest BCUT2D eigenvalue weighted by Crippen LogP contribution is 2.37. The van der Waals surface area contributed by atoms with E-state index in [-0.39, 0.29) is 6.41 Å². The number of ether oxygens (including phenoxy) is 5. The maximum atomic E-state index is 12.6. The fourth-order valence-corrected chi connectivity index (χ4v) is 5.54. The maximum absolute atomic E-state index is 12.6. The van der Waals surface area contributed by atoms with Crippen LogP contribution in [0.4, 0.5) is 0 Å². The largest absolute Gasteiger partial charge is 0.477 e. The molecular formula is C25H41N3O16. The Balaban J connectivity index is 1.83. The Labute approximate surface area is 251 Å². The molecule has 15 atom stereocenters. The first kappa shape index (κ1) is 35.9. The maximum Gasteiger partial charge on any atom is 0.364 e. The summed E-state index contributed by atoms with van der Waals surface area (Å²) in [6.45, 7) is 4.26. The Morgan fingerprint density at radius 3 is 2.11 bits per heavy atom. The van der Waals surface area contributed by atoms with Crippen LogP contribution in [0.5, 0.6) is 0 Å². The molecule has 0 bridgehead atoms. The summed E-state index contributed by atoms with van der Waals surface area (Å²) >= 11 is 0. The Bertz CT molecular complexity index is 1030. The lowest BCUT2D eigenvalue weighted by Crippen LogP contribution is -2.70. The van der Waals surface area contributed by atoms with Crippen molar-refractivity contribution in [2.24, 2.45) is 0 Å². The van der Waals surface area contributed by atoms with Crippen LogP contribution in [-0.2, 0) is 42.9 Å². The average molecular weight is 640 g/mol. The van der Waals surface area contributed by atoms with Crippen LogP contribution < -0.4 is 16.0 Å². The summed E-state index contributed by atoms with van der Waals surface area (Å²) in [6, 6.07) is -3.86. The van der Waals surface area contributed by atoms with Crippen LogP contribution in [0.25, 0.3) is 0 Å². The summed E-state index contributed by atoms with van der Waals surface area (Å²) in [5.74, 6) is -5.72. The molecule has 0 spiro atoms. The summed E-state index contributed by atoms with van der Waals surface area (Å²) in [5.41, 5.74) is 0. The highest BCUT2D eigenvalue weighted by molar-refractivity contribution is 5.76. The highest BCUT2D eigenvalue weighted by atomic mass is 16.8. The van der Waals surface area contributed by atoms with Crippen molar-refractivity contribution in [2.75, 3.05) is 6.61 Å². The third-order valence-electron chi connectivity index (χ3n) is 7.60. The molecule has 3 aliphatic rings. The average Bonchev–Trinajstić information content (AvgIpc) is 3.22. The number of carbonyl (C=O) groups excluding carboxylic acids is 3. The van der Waals surface area contributed by atoms with Crippen LogP contribution in [-0.4, -0.2) is 158 Å². The zero-order valence-electron chi connectivity index (χ0n) is 24.4. The first-order valence-corrected chi connectivity index (χ1v) is 13.9. The van der Waals surface area contributed by atoms with Gasteiger partial charge in [0.15, 0.2) is 12.6 Å². The minimum absolute atomic E-state index is 0.206. The molecule has 0 radical (unpaired) electrons. The van der Waals surface area contributed by atoms with Crippen LogP contribution in [0, 0.1) is 0 Å². The third kappa shape index (κ3) is 7.80. The molecule has 3 aliphatic heterocycles. The summed E-state index contributed by atoms with van der Waals surface area (Å²) in [4.78, 5) is 47.3. The number of carboxylic acids is 1. The number of hydrogen-bond donors (Lipinski definition) is 10. The number of amides is 3. The second-order valence-electron chi connectivity index (χ2n) is 11.1. The minimum Gasteiger partial charge on any atom is -0.477 e. The van der Waals surface area contributed by atoms with Gasteiger partial charge in [-0.15, -0.1) is 0 Å². The van der Waals surface area contributed by atoms with Crippen molar-refractivity contribution < 1.29 is 78.6 Å². The quantitative estimate of drug-likeness (QED) is 0.0890. The normalized spacial score (nSPS) is 41.2. The molecule has 19 nitrogen and oxygen atoms in total. The van der Waals surface area contributed by atoms with E-state index >= 15 is 0 Å². The molecule has 0 unspecified atom stereocenters. The number of aliphatic hydroxyl groups is 6. The smallest absolute Gasteiger partial charge is 0.364 e. The molecule has 44 heavy (non-hydrogen) atoms. The van der Waals surface area contributed by atoms with E-state index in [1.54, 1.807) is 0 Å². The Morgan fingerprint density at radius 1 is 0.977 bits per heavy atom. The van der Waals surface area contributed by atoms with Gasteiger partial charge >= 0.3 is 5.97 Å². The van der Waals surface area contributed by atoms with Gasteiger partial charge in [-0.3, -0.25) is 14.4 Å². The zero-order valence-corrected chi connectivity index (χ0v) is 24.4. The molecule has 3 amide bonds. The molecule has 10 N–H and O–H groups in total. The van der Waals surface area contributed by atoms with E-state index in [9.17, 15) is 54.9 Å². The monoisotopic (exact) mass is 639 g/mol. The van der Waals surface area contributed by atoms with Gasteiger partial charge in [-0.1, -0.05) is 0 Å². The summed E-state index contributed by atoms with van der Waals surface area (Å²) < 4.78 is 27.9. The fraction of sp³-hybridized carbons (Fsp3) is 0.840. The van der Waals surface area contributed by atoms with E-state index in [1.165, 1.54) is 20.8 Å². The summed E-state index contributed by atoms with van der Waals surface area (Å²) in [6.07, 6.45) is -17.6. The number of nitrogens with one attached hydrogen (secondary N) is 3. The molecule has 0 saturated carbocycles. The molecule has 3 rings (SSSR count). The summed E-state index contributed by atoms with van der Waals surface area (Å²) in [7, 11) is 0. The standard InChI is InChI=1S/C25H41N3O16/c1-8(30)14(26-7-29)20-15(27-10(3)32)12(34)5-25(44-20,24(38)39)43-13-6-40-23(18(36)17(13)35)42-21-16(28-11(4)33)22(37)41-19(21)9(2)31/h7-9,12-23,30-31,34-37H,5-6H2,1-4H3,(H,26,29)(H,27,32)(H,28,33)(H,38,39)/t8-,9+,12-,13+,14-,15-,16+,17-,18+,19-,20-,21+,22+,23-,25-/m0/s1. The van der Waals surface area contributed by atoms with E-state index in [0.717, 1.165) is 6.92 Å². The van der Waals surface area contributed by atoms with E-state index in [1.807, 2.05) is 0 Å². The number of rotatable bonds is 12. The van der Waals surface area contributed by atoms with E-state index < -0.39 is 122 Å². The molecule has 0 aliphatic carbocycles. The van der Waals surface area contributed by atoms with Gasteiger partial charge in [-0.25, -0.2) is 4.79 Å². The lowest BCUT2D eigenvalue weighted by Gasteiger charge is -2.49. The molecule has 252 valence electrons. The van der Waals surface area contributed by atoms with Gasteiger partial charge in [-0.05, 0) is 13.8 Å². The van der Waals surface area contributed by atoms with Crippen molar-refractivity contribution >= 4 is 24.2 Å². The third-order valence-corrected chi connectivity index (χ3v) is 7.60. The predicted molar refractivity (Wildman–Crippen MR) is 140 cm³/mol. The van der Waals surface area contributed by atoms with Crippen molar-refractivity contribution in [3.63, 3.8) is 0 Å². The van der Waals surface area contributed by atoms with Crippen molar-refractivity contribution in [3.8, 4) is 0 Å². The second-order valence-corrected chi connectivity index (χ2v) is 11.1. The van der Waals surface area contributed by atoms with Crippen molar-refractivity contribution in [1.29, 1.82) is 0 Å². The van der Waals surface area contributed by atoms with Gasteiger partial charge in [0.25, 0.3) is 5.79 Å². The first-order valence-electron chi connectivity index (χ1n) is 13.9. The van der Waals surface area contributed by atoms with E-state index in [0.29, 0.717) is 0 Å². The molecule has 3 fully saturated rings. The molecular weight excluding hydrogens is 598 g/mol. The van der Waals surface area contributed by atoms with E-state index in [2.05, 4.69) is 16.0 Å². The Kier molecular flexibility index (Phi) is 12.0. The van der Waals surface area contributed by atoms with Gasteiger partial charge in [0.2, 0.25) is 18.2 Å². The summed E-state index contributed by atoms with van der Waals surface area (Å²) in [5, 5.41) is 80.6. The SMILES string of the molecule is CC(=O)N[C@@H]1[C@@H](O[C@@H]2OC[C@@H](O[C@@]3(C(=O)O)C[C@H](O)[C@H](NC(C)=O)[C@H]([C@@H](NC=O)[C@H](C)O)O3)[C@H](O)[C@H]2O)[C@H]([C@@H](C)O)O[C@H]1O. The van der Waals surface area contributed by atoms with Gasteiger partial charge in [0, 0.05) is 20.3 Å². The van der Waals surface area contributed by atoms with Crippen molar-refractivity contribution in [1.82, 2.24) is 16.0 Å². The van der Waals surface area contributed by atoms with Gasteiger partial charge in [0.05, 0.1) is 37.0 Å². The number of carbonyl (C=O) groups is 4. The Hall–Kier alpha value is -2.56. The van der Waals surface area contributed by atoms with Crippen LogP contribution in [0.3, 0.4) is 0 Å². The lowest BCUT2D eigenvalue weighted by molar-refractivity contribution is -0.353. The van der Waals surface area contributed by atoms with Crippen molar-refractivity contribution in [3.05, 3.63) is 0 Å². The van der Waals surface area contributed by atoms with Crippen LogP contribution in [0.1, 0.15) is 34.1 Å². The van der Waals surface area contributed by atoms with Crippen LogP contribution >= 0.6 is 0 Å². The van der Waals surface area contributed by atoms with Gasteiger partial charge < -0.3 is 75.4 Å². The zero-order chi connectivity index (χ0) is 33.1.